The summed E-state index contributed by atoms with van der Waals surface area (Å²) in [4.78, 5) is 0. The maximum absolute atomic E-state index is 12.2. The number of rotatable bonds is 6. The van der Waals surface area contributed by atoms with Gasteiger partial charge >= 0.3 is 0 Å². The van der Waals surface area contributed by atoms with Crippen LogP contribution in [0.25, 0.3) is 10.6 Å². The minimum absolute atomic E-state index is 0.106. The van der Waals surface area contributed by atoms with E-state index in [0.29, 0.717) is 10.6 Å². The summed E-state index contributed by atoms with van der Waals surface area (Å²) in [6.45, 7) is 0. The molecule has 1 N–H and O–H groups in total. The fraction of sp³-hybridized carbons (Fsp3) is 0.125. The smallest absolute Gasteiger partial charge is 0.238 e. The second-order valence-corrected chi connectivity index (χ2v) is 7.69. The maximum Gasteiger partial charge on any atom is 0.238 e. The second kappa shape index (κ2) is 6.98. The number of ether oxygens (including phenoxy) is 1. The molecular formula is C16H15N3O3S2. The molecule has 0 aliphatic rings. The van der Waals surface area contributed by atoms with E-state index < -0.39 is 10.0 Å². The van der Waals surface area contributed by atoms with Crippen molar-refractivity contribution in [3.05, 3.63) is 60.2 Å². The van der Waals surface area contributed by atoms with Crippen molar-refractivity contribution in [3.63, 3.8) is 0 Å². The van der Waals surface area contributed by atoms with Gasteiger partial charge in [-0.25, -0.2) is 8.42 Å². The van der Waals surface area contributed by atoms with E-state index in [0.717, 1.165) is 11.3 Å². The highest BCUT2D eigenvalue weighted by Crippen LogP contribution is 2.28. The zero-order chi connectivity index (χ0) is 17.0. The third-order valence-electron chi connectivity index (χ3n) is 3.20. The molecule has 0 bridgehead atoms. The summed E-state index contributed by atoms with van der Waals surface area (Å²) in [5.74, 6) is 0.637. The average Bonchev–Trinajstić information content (AvgIpc) is 3.03. The molecule has 0 fully saturated rings. The fourth-order valence-corrected chi connectivity index (χ4v) is 4.24. The van der Waals surface area contributed by atoms with Crippen LogP contribution >= 0.6 is 11.3 Å². The van der Waals surface area contributed by atoms with Crippen LogP contribution in [0.1, 0.15) is 5.56 Å². The van der Waals surface area contributed by atoms with Gasteiger partial charge in [-0.05, 0) is 29.8 Å². The predicted octanol–water partition coefficient (Wildman–Crippen LogP) is 3.16. The molecule has 0 radical (unpaired) electrons. The number of benzene rings is 2. The Hall–Kier alpha value is -2.45. The Labute approximate surface area is 144 Å². The van der Waals surface area contributed by atoms with Gasteiger partial charge in [-0.1, -0.05) is 41.7 Å². The van der Waals surface area contributed by atoms with E-state index >= 15 is 0 Å². The Morgan fingerprint density at radius 3 is 2.42 bits per heavy atom. The molecule has 24 heavy (non-hydrogen) atoms. The van der Waals surface area contributed by atoms with Crippen LogP contribution in [0.3, 0.4) is 0 Å². The zero-order valence-electron chi connectivity index (χ0n) is 12.8. The lowest BCUT2D eigenvalue weighted by molar-refractivity contribution is 0.415. The van der Waals surface area contributed by atoms with Crippen molar-refractivity contribution in [1.29, 1.82) is 0 Å². The molecule has 0 saturated carbocycles. The van der Waals surface area contributed by atoms with E-state index in [1.54, 1.807) is 31.4 Å². The second-order valence-electron chi connectivity index (χ2n) is 4.99. The molecule has 3 rings (SSSR count). The summed E-state index contributed by atoms with van der Waals surface area (Å²) < 4.78 is 32.0. The van der Waals surface area contributed by atoms with Crippen LogP contribution < -0.4 is 9.46 Å². The van der Waals surface area contributed by atoms with Crippen molar-refractivity contribution < 1.29 is 13.2 Å². The highest BCUT2D eigenvalue weighted by Gasteiger charge is 2.15. The largest absolute Gasteiger partial charge is 0.497 e. The van der Waals surface area contributed by atoms with Gasteiger partial charge in [-0.15, -0.1) is 10.2 Å². The van der Waals surface area contributed by atoms with Gasteiger partial charge in [0.25, 0.3) is 0 Å². The molecule has 6 nitrogen and oxygen atoms in total. The summed E-state index contributed by atoms with van der Waals surface area (Å²) in [7, 11) is -1.93. The van der Waals surface area contributed by atoms with Gasteiger partial charge in [-0.2, -0.15) is 0 Å². The Kier molecular flexibility index (Phi) is 4.77. The summed E-state index contributed by atoms with van der Waals surface area (Å²) >= 11 is 1.18. The Bertz CT molecular complexity index is 907. The SMILES string of the molecule is COc1ccc(-c2nnc(NS(=O)(=O)Cc3ccccc3)s2)cc1. The lowest BCUT2D eigenvalue weighted by Gasteiger charge is -2.04. The third kappa shape index (κ3) is 4.09. The summed E-state index contributed by atoms with van der Waals surface area (Å²) in [5.41, 5.74) is 1.56. The molecule has 0 aliphatic heterocycles. The van der Waals surface area contributed by atoms with E-state index in [1.165, 1.54) is 11.3 Å². The number of hydrogen-bond acceptors (Lipinski definition) is 6. The number of nitrogens with zero attached hydrogens (tertiary/aromatic N) is 2. The number of sulfonamides is 1. The summed E-state index contributed by atoms with van der Waals surface area (Å²) in [6.07, 6.45) is 0. The van der Waals surface area contributed by atoms with Crippen LogP contribution in [0.2, 0.25) is 0 Å². The molecule has 0 aliphatic carbocycles. The normalized spacial score (nSPS) is 11.2. The average molecular weight is 361 g/mol. The van der Waals surface area contributed by atoms with Gasteiger partial charge in [0, 0.05) is 5.56 Å². The highest BCUT2D eigenvalue weighted by molar-refractivity contribution is 7.92. The van der Waals surface area contributed by atoms with Crippen LogP contribution in [0, 0.1) is 0 Å². The molecule has 0 atom stereocenters. The number of methoxy groups -OCH3 is 1. The van der Waals surface area contributed by atoms with E-state index in [-0.39, 0.29) is 10.9 Å². The highest BCUT2D eigenvalue weighted by atomic mass is 32.2. The zero-order valence-corrected chi connectivity index (χ0v) is 14.5. The van der Waals surface area contributed by atoms with E-state index in [1.807, 2.05) is 30.3 Å². The first kappa shape index (κ1) is 16.4. The van der Waals surface area contributed by atoms with Gasteiger partial charge in [-0.3, -0.25) is 4.72 Å². The monoisotopic (exact) mass is 361 g/mol. The Morgan fingerprint density at radius 2 is 1.75 bits per heavy atom. The van der Waals surface area contributed by atoms with Gasteiger partial charge in [0.15, 0.2) is 0 Å². The summed E-state index contributed by atoms with van der Waals surface area (Å²) in [5, 5.41) is 8.82. The van der Waals surface area contributed by atoms with Crippen molar-refractivity contribution in [2.24, 2.45) is 0 Å². The third-order valence-corrected chi connectivity index (χ3v) is 5.44. The Balaban J connectivity index is 1.73. The topological polar surface area (TPSA) is 81.2 Å². The van der Waals surface area contributed by atoms with Gasteiger partial charge in [0.1, 0.15) is 10.8 Å². The Morgan fingerprint density at radius 1 is 1.04 bits per heavy atom. The van der Waals surface area contributed by atoms with Crippen molar-refractivity contribution in [2.75, 3.05) is 11.8 Å². The number of aromatic nitrogens is 2. The first-order chi connectivity index (χ1) is 11.6. The molecule has 3 aromatic rings. The van der Waals surface area contributed by atoms with Crippen molar-refractivity contribution in [2.45, 2.75) is 5.75 Å². The molecule has 8 heteroatoms. The molecule has 0 saturated heterocycles. The van der Waals surface area contributed by atoms with E-state index in [4.69, 9.17) is 4.74 Å². The molecular weight excluding hydrogens is 346 g/mol. The number of hydrogen-bond donors (Lipinski definition) is 1. The van der Waals surface area contributed by atoms with Gasteiger partial charge in [0.05, 0.1) is 12.9 Å². The fourth-order valence-electron chi connectivity index (χ4n) is 2.08. The first-order valence-electron chi connectivity index (χ1n) is 7.08. The quantitative estimate of drug-likeness (QED) is 0.729. The van der Waals surface area contributed by atoms with Crippen LogP contribution in [0.5, 0.6) is 5.75 Å². The van der Waals surface area contributed by atoms with Crippen molar-refractivity contribution >= 4 is 26.5 Å². The lowest BCUT2D eigenvalue weighted by Crippen LogP contribution is -2.14. The minimum Gasteiger partial charge on any atom is -0.497 e. The summed E-state index contributed by atoms with van der Waals surface area (Å²) in [6, 6.07) is 16.3. The maximum atomic E-state index is 12.2. The molecule has 0 amide bonds. The lowest BCUT2D eigenvalue weighted by atomic mass is 10.2. The standard InChI is InChI=1S/C16H15N3O3S2/c1-22-14-9-7-13(8-10-14)15-17-18-16(23-15)19-24(20,21)11-12-5-3-2-4-6-12/h2-10H,11H2,1H3,(H,18,19). The first-order valence-corrected chi connectivity index (χ1v) is 9.55. The van der Waals surface area contributed by atoms with Crippen LogP contribution in [-0.2, 0) is 15.8 Å². The predicted molar refractivity (Wildman–Crippen MR) is 94.6 cm³/mol. The molecule has 2 aromatic carbocycles. The molecule has 0 spiro atoms. The molecule has 1 aromatic heterocycles. The van der Waals surface area contributed by atoms with Gasteiger partial charge in [0.2, 0.25) is 15.2 Å². The van der Waals surface area contributed by atoms with Crippen LogP contribution in [-0.4, -0.2) is 25.7 Å². The van der Waals surface area contributed by atoms with E-state index in [9.17, 15) is 8.42 Å². The number of anilines is 1. The molecule has 124 valence electrons. The van der Waals surface area contributed by atoms with E-state index in [2.05, 4.69) is 14.9 Å². The number of nitrogens with one attached hydrogen (secondary N) is 1. The van der Waals surface area contributed by atoms with Crippen LogP contribution in [0.15, 0.2) is 54.6 Å². The van der Waals surface area contributed by atoms with Crippen molar-refractivity contribution in [3.8, 4) is 16.3 Å². The van der Waals surface area contributed by atoms with Crippen LogP contribution in [0.4, 0.5) is 5.13 Å². The minimum atomic E-state index is -3.53. The molecule has 1 heterocycles. The van der Waals surface area contributed by atoms with Crippen molar-refractivity contribution in [1.82, 2.24) is 10.2 Å². The molecule has 0 unspecified atom stereocenters. The van der Waals surface area contributed by atoms with Gasteiger partial charge < -0.3 is 4.74 Å².